The fraction of sp³-hybridized carbons (Fsp3) is 0.333. The van der Waals surface area contributed by atoms with E-state index in [4.69, 9.17) is 10.2 Å². The highest BCUT2D eigenvalue weighted by atomic mass is 16.3. The second-order valence-electron chi connectivity index (χ2n) is 2.81. The van der Waals surface area contributed by atoms with Crippen LogP contribution in [0.25, 0.3) is 0 Å². The molecule has 0 radical (unpaired) electrons. The molecule has 1 heterocycles. The van der Waals surface area contributed by atoms with Gasteiger partial charge in [0, 0.05) is 0 Å². The fourth-order valence-corrected chi connectivity index (χ4v) is 0.922. The molecule has 13 heavy (non-hydrogen) atoms. The first kappa shape index (κ1) is 9.67. The van der Waals surface area contributed by atoms with Crippen LogP contribution in [0.1, 0.15) is 12.7 Å². The molecule has 0 fully saturated rings. The second kappa shape index (κ2) is 4.00. The predicted octanol–water partition coefficient (Wildman–Crippen LogP) is 0.307. The molecule has 1 rings (SSSR count). The Labute approximate surface area is 75.7 Å². The predicted molar refractivity (Wildman–Crippen MR) is 46.1 cm³/mol. The van der Waals surface area contributed by atoms with E-state index >= 15 is 0 Å². The Morgan fingerprint density at radius 2 is 2.31 bits per heavy atom. The Morgan fingerprint density at radius 3 is 2.77 bits per heavy atom. The molecule has 1 aromatic rings. The number of ketones is 2. The highest BCUT2D eigenvalue weighted by Gasteiger charge is 2.18. The fourth-order valence-electron chi connectivity index (χ4n) is 0.922. The summed E-state index contributed by atoms with van der Waals surface area (Å²) in [6.45, 7) is 1.30. The molecule has 0 amide bonds. The molecule has 0 aliphatic rings. The zero-order valence-corrected chi connectivity index (χ0v) is 7.32. The van der Waals surface area contributed by atoms with Gasteiger partial charge in [0.05, 0.1) is 12.7 Å². The zero-order chi connectivity index (χ0) is 9.84. The first-order chi connectivity index (χ1) is 6.11. The van der Waals surface area contributed by atoms with Gasteiger partial charge in [-0.1, -0.05) is 0 Å². The molecule has 0 bridgehead atoms. The van der Waals surface area contributed by atoms with E-state index < -0.39 is 6.04 Å². The Bertz CT molecular complexity index is 303. The van der Waals surface area contributed by atoms with Crippen LogP contribution in [-0.2, 0) is 16.0 Å². The number of nitrogens with two attached hydrogens (primary N) is 1. The molecule has 70 valence electrons. The van der Waals surface area contributed by atoms with Crippen molar-refractivity contribution in [1.82, 2.24) is 0 Å². The molecule has 0 saturated carbocycles. The van der Waals surface area contributed by atoms with Crippen molar-refractivity contribution in [3.05, 3.63) is 24.2 Å². The number of furan rings is 1. The summed E-state index contributed by atoms with van der Waals surface area (Å²) in [5.74, 6) is -0.110. The van der Waals surface area contributed by atoms with E-state index in [0.29, 0.717) is 5.76 Å². The van der Waals surface area contributed by atoms with Crippen LogP contribution in [0.2, 0.25) is 0 Å². The van der Waals surface area contributed by atoms with Crippen LogP contribution in [0.5, 0.6) is 0 Å². The largest absolute Gasteiger partial charge is 0.469 e. The summed E-state index contributed by atoms with van der Waals surface area (Å²) in [5.41, 5.74) is 5.34. The number of hydrogen-bond acceptors (Lipinski definition) is 4. The Kier molecular flexibility index (Phi) is 2.97. The molecule has 0 spiro atoms. The number of Topliss-reactive ketones (excluding diaryl/α,β-unsaturated/α-hetero) is 2. The van der Waals surface area contributed by atoms with Crippen LogP contribution >= 0.6 is 0 Å². The molecule has 4 heteroatoms. The third-order valence-electron chi connectivity index (χ3n) is 1.71. The van der Waals surface area contributed by atoms with Gasteiger partial charge in [-0.05, 0) is 19.1 Å². The summed E-state index contributed by atoms with van der Waals surface area (Å²) in [4.78, 5) is 22.0. The number of carbonyl (C=O) groups is 2. The summed E-state index contributed by atoms with van der Waals surface area (Å²) < 4.78 is 4.95. The summed E-state index contributed by atoms with van der Waals surface area (Å²) in [5, 5.41) is 0. The summed E-state index contributed by atoms with van der Waals surface area (Å²) in [7, 11) is 0. The summed E-state index contributed by atoms with van der Waals surface area (Å²) >= 11 is 0. The van der Waals surface area contributed by atoms with E-state index in [-0.39, 0.29) is 18.0 Å². The van der Waals surface area contributed by atoms with Gasteiger partial charge in [-0.3, -0.25) is 9.59 Å². The van der Waals surface area contributed by atoms with Gasteiger partial charge in [-0.2, -0.15) is 0 Å². The minimum atomic E-state index is -1.02. The van der Waals surface area contributed by atoms with E-state index in [1.807, 2.05) is 0 Å². The quantitative estimate of drug-likeness (QED) is 0.678. The second-order valence-corrected chi connectivity index (χ2v) is 2.81. The van der Waals surface area contributed by atoms with Crippen LogP contribution in [0.4, 0.5) is 0 Å². The SMILES string of the molecule is CC(=O)C(N)C(=O)Cc1ccco1. The monoisotopic (exact) mass is 181 g/mol. The zero-order valence-electron chi connectivity index (χ0n) is 7.32. The normalized spacial score (nSPS) is 12.5. The summed E-state index contributed by atoms with van der Waals surface area (Å²) in [6.07, 6.45) is 1.55. The van der Waals surface area contributed by atoms with Gasteiger partial charge in [0.2, 0.25) is 0 Å². The van der Waals surface area contributed by atoms with Crippen molar-refractivity contribution < 1.29 is 14.0 Å². The standard InChI is InChI=1S/C9H11NO3/c1-6(11)9(10)8(12)5-7-3-2-4-13-7/h2-4,9H,5,10H2,1H3. The first-order valence-corrected chi connectivity index (χ1v) is 3.92. The topological polar surface area (TPSA) is 73.3 Å². The van der Waals surface area contributed by atoms with Crippen LogP contribution in [0.15, 0.2) is 22.8 Å². The first-order valence-electron chi connectivity index (χ1n) is 3.92. The average molecular weight is 181 g/mol. The Hall–Kier alpha value is -1.42. The van der Waals surface area contributed by atoms with Gasteiger partial charge in [-0.25, -0.2) is 0 Å². The van der Waals surface area contributed by atoms with E-state index in [1.54, 1.807) is 12.1 Å². The molecule has 1 aromatic heterocycles. The van der Waals surface area contributed by atoms with Crippen molar-refractivity contribution >= 4 is 11.6 Å². The third-order valence-corrected chi connectivity index (χ3v) is 1.71. The highest BCUT2D eigenvalue weighted by molar-refractivity contribution is 6.05. The minimum absolute atomic E-state index is 0.0771. The highest BCUT2D eigenvalue weighted by Crippen LogP contribution is 2.02. The lowest BCUT2D eigenvalue weighted by Gasteiger charge is -2.03. The van der Waals surface area contributed by atoms with Crippen LogP contribution in [-0.4, -0.2) is 17.6 Å². The molecule has 0 aliphatic carbocycles. The molecule has 0 aliphatic heterocycles. The van der Waals surface area contributed by atoms with Crippen molar-refractivity contribution in [1.29, 1.82) is 0 Å². The van der Waals surface area contributed by atoms with Crippen molar-refractivity contribution in [3.63, 3.8) is 0 Å². The lowest BCUT2D eigenvalue weighted by Crippen LogP contribution is -2.38. The molecular weight excluding hydrogens is 170 g/mol. The minimum Gasteiger partial charge on any atom is -0.469 e. The maximum atomic E-state index is 11.2. The van der Waals surface area contributed by atoms with Crippen LogP contribution < -0.4 is 5.73 Å². The van der Waals surface area contributed by atoms with Crippen molar-refractivity contribution in [2.45, 2.75) is 19.4 Å². The van der Waals surface area contributed by atoms with Gasteiger partial charge in [0.15, 0.2) is 11.6 Å². The van der Waals surface area contributed by atoms with Crippen LogP contribution in [0, 0.1) is 0 Å². The number of hydrogen-bond donors (Lipinski definition) is 1. The van der Waals surface area contributed by atoms with Gasteiger partial charge < -0.3 is 10.2 Å². The van der Waals surface area contributed by atoms with E-state index in [9.17, 15) is 9.59 Å². The third kappa shape index (κ3) is 2.52. The van der Waals surface area contributed by atoms with Gasteiger partial charge >= 0.3 is 0 Å². The maximum Gasteiger partial charge on any atom is 0.164 e. The molecule has 0 aromatic carbocycles. The molecule has 2 N–H and O–H groups in total. The van der Waals surface area contributed by atoms with Crippen molar-refractivity contribution in [2.24, 2.45) is 5.73 Å². The van der Waals surface area contributed by atoms with E-state index in [0.717, 1.165) is 0 Å². The number of carbonyl (C=O) groups excluding carboxylic acids is 2. The molecular formula is C9H11NO3. The van der Waals surface area contributed by atoms with Crippen molar-refractivity contribution in [3.8, 4) is 0 Å². The van der Waals surface area contributed by atoms with E-state index in [1.165, 1.54) is 13.2 Å². The Balaban J connectivity index is 2.56. The lowest BCUT2D eigenvalue weighted by molar-refractivity contribution is -0.127. The summed E-state index contributed by atoms with van der Waals surface area (Å²) in [6, 6.07) is 2.33. The van der Waals surface area contributed by atoms with E-state index in [2.05, 4.69) is 0 Å². The van der Waals surface area contributed by atoms with Gasteiger partial charge in [0.25, 0.3) is 0 Å². The molecule has 4 nitrogen and oxygen atoms in total. The maximum absolute atomic E-state index is 11.2. The number of rotatable bonds is 4. The van der Waals surface area contributed by atoms with Gasteiger partial charge in [0.1, 0.15) is 11.8 Å². The average Bonchev–Trinajstić information content (AvgIpc) is 2.55. The Morgan fingerprint density at radius 1 is 1.62 bits per heavy atom. The van der Waals surface area contributed by atoms with Gasteiger partial charge in [-0.15, -0.1) is 0 Å². The smallest absolute Gasteiger partial charge is 0.164 e. The lowest BCUT2D eigenvalue weighted by atomic mass is 10.1. The molecule has 0 saturated heterocycles. The van der Waals surface area contributed by atoms with Crippen molar-refractivity contribution in [2.75, 3.05) is 0 Å². The molecule has 1 unspecified atom stereocenters. The van der Waals surface area contributed by atoms with Crippen LogP contribution in [0.3, 0.4) is 0 Å². The molecule has 1 atom stereocenters.